The SMILES string of the molecule is CCNC(=O)C(C)(C)CNC(=O)Nc1cc(C)ccn1. The van der Waals surface area contributed by atoms with E-state index in [2.05, 4.69) is 20.9 Å². The molecule has 0 atom stereocenters. The monoisotopic (exact) mass is 278 g/mol. The fraction of sp³-hybridized carbons (Fsp3) is 0.500. The van der Waals surface area contributed by atoms with E-state index < -0.39 is 5.41 Å². The minimum absolute atomic E-state index is 0.0889. The molecule has 0 radical (unpaired) electrons. The summed E-state index contributed by atoms with van der Waals surface area (Å²) < 4.78 is 0. The molecule has 0 aliphatic rings. The average molecular weight is 278 g/mol. The zero-order valence-corrected chi connectivity index (χ0v) is 12.4. The van der Waals surface area contributed by atoms with E-state index in [0.717, 1.165) is 5.56 Å². The summed E-state index contributed by atoms with van der Waals surface area (Å²) in [4.78, 5) is 27.6. The van der Waals surface area contributed by atoms with E-state index in [1.807, 2.05) is 19.9 Å². The molecule has 0 spiro atoms. The van der Waals surface area contributed by atoms with Gasteiger partial charge in [-0.2, -0.15) is 0 Å². The van der Waals surface area contributed by atoms with Crippen LogP contribution >= 0.6 is 0 Å². The number of anilines is 1. The predicted octanol–water partition coefficient (Wildman–Crippen LogP) is 1.67. The Balaban J connectivity index is 2.49. The second-order valence-electron chi connectivity index (χ2n) is 5.27. The van der Waals surface area contributed by atoms with Crippen LogP contribution in [0.5, 0.6) is 0 Å². The molecule has 0 fully saturated rings. The number of urea groups is 1. The number of carbonyl (C=O) groups is 2. The highest BCUT2D eigenvalue weighted by Crippen LogP contribution is 2.13. The minimum atomic E-state index is -0.659. The number of nitrogens with one attached hydrogen (secondary N) is 3. The van der Waals surface area contributed by atoms with E-state index in [9.17, 15) is 9.59 Å². The Labute approximate surface area is 119 Å². The lowest BCUT2D eigenvalue weighted by molar-refractivity contribution is -0.128. The van der Waals surface area contributed by atoms with Crippen molar-refractivity contribution in [2.45, 2.75) is 27.7 Å². The second kappa shape index (κ2) is 6.88. The van der Waals surface area contributed by atoms with Gasteiger partial charge in [0.1, 0.15) is 5.82 Å². The third kappa shape index (κ3) is 4.87. The van der Waals surface area contributed by atoms with Gasteiger partial charge >= 0.3 is 6.03 Å². The molecular formula is C14H22N4O2. The summed E-state index contributed by atoms with van der Waals surface area (Å²) in [6.07, 6.45) is 1.63. The number of aromatic nitrogens is 1. The van der Waals surface area contributed by atoms with Gasteiger partial charge in [-0.15, -0.1) is 0 Å². The first-order valence-electron chi connectivity index (χ1n) is 6.61. The number of aryl methyl sites for hydroxylation is 1. The highest BCUT2D eigenvalue weighted by atomic mass is 16.2. The standard InChI is InChI=1S/C14H22N4O2/c1-5-15-12(19)14(3,4)9-17-13(20)18-11-8-10(2)6-7-16-11/h6-8H,5,9H2,1-4H3,(H,15,19)(H2,16,17,18,20). The molecule has 0 bridgehead atoms. The Kier molecular flexibility index (Phi) is 5.49. The number of hydrogen-bond acceptors (Lipinski definition) is 3. The van der Waals surface area contributed by atoms with Crippen LogP contribution < -0.4 is 16.0 Å². The first kappa shape index (κ1) is 15.9. The van der Waals surface area contributed by atoms with Gasteiger partial charge in [0.2, 0.25) is 5.91 Å². The Bertz CT molecular complexity index is 486. The maximum atomic E-state index is 11.8. The summed E-state index contributed by atoms with van der Waals surface area (Å²) in [5.41, 5.74) is 0.353. The van der Waals surface area contributed by atoms with E-state index in [-0.39, 0.29) is 18.5 Å². The van der Waals surface area contributed by atoms with Crippen LogP contribution in [0, 0.1) is 12.3 Å². The van der Waals surface area contributed by atoms with Gasteiger partial charge in [0.15, 0.2) is 0 Å². The summed E-state index contributed by atoms with van der Waals surface area (Å²) in [6.45, 7) is 8.16. The molecule has 6 heteroatoms. The van der Waals surface area contributed by atoms with Crippen molar-refractivity contribution in [3.63, 3.8) is 0 Å². The normalized spacial score (nSPS) is 10.8. The van der Waals surface area contributed by atoms with Crippen LogP contribution in [0.4, 0.5) is 10.6 Å². The zero-order chi connectivity index (χ0) is 15.2. The van der Waals surface area contributed by atoms with Crippen molar-refractivity contribution in [3.8, 4) is 0 Å². The van der Waals surface area contributed by atoms with Gasteiger partial charge in [-0.1, -0.05) is 0 Å². The van der Waals surface area contributed by atoms with Crippen LogP contribution in [-0.4, -0.2) is 30.0 Å². The second-order valence-corrected chi connectivity index (χ2v) is 5.27. The van der Waals surface area contributed by atoms with Gasteiger partial charge in [-0.25, -0.2) is 9.78 Å². The average Bonchev–Trinajstić information content (AvgIpc) is 2.37. The largest absolute Gasteiger partial charge is 0.356 e. The van der Waals surface area contributed by atoms with Gasteiger partial charge in [-0.3, -0.25) is 10.1 Å². The fourth-order valence-electron chi connectivity index (χ4n) is 1.55. The zero-order valence-electron chi connectivity index (χ0n) is 12.4. The quantitative estimate of drug-likeness (QED) is 0.766. The van der Waals surface area contributed by atoms with Gasteiger partial charge in [-0.05, 0) is 45.4 Å². The minimum Gasteiger partial charge on any atom is -0.356 e. The molecule has 110 valence electrons. The Morgan fingerprint density at radius 1 is 1.30 bits per heavy atom. The van der Waals surface area contributed by atoms with Crippen LogP contribution in [0.1, 0.15) is 26.3 Å². The highest BCUT2D eigenvalue weighted by Gasteiger charge is 2.27. The van der Waals surface area contributed by atoms with Crippen molar-refractivity contribution in [1.29, 1.82) is 0 Å². The molecule has 0 aromatic carbocycles. The molecule has 3 amide bonds. The van der Waals surface area contributed by atoms with E-state index in [4.69, 9.17) is 0 Å². The smallest absolute Gasteiger partial charge is 0.320 e. The van der Waals surface area contributed by atoms with Crippen molar-refractivity contribution in [3.05, 3.63) is 23.9 Å². The Hall–Kier alpha value is -2.11. The summed E-state index contributed by atoms with van der Waals surface area (Å²) in [7, 11) is 0. The van der Waals surface area contributed by atoms with Crippen LogP contribution in [0.25, 0.3) is 0 Å². The Morgan fingerprint density at radius 3 is 2.60 bits per heavy atom. The number of rotatable bonds is 5. The molecule has 0 aliphatic carbocycles. The molecular weight excluding hydrogens is 256 g/mol. The van der Waals surface area contributed by atoms with Crippen LogP contribution in [0.15, 0.2) is 18.3 Å². The Morgan fingerprint density at radius 2 is 2.00 bits per heavy atom. The molecule has 3 N–H and O–H groups in total. The van der Waals surface area contributed by atoms with Crippen molar-refractivity contribution < 1.29 is 9.59 Å². The number of hydrogen-bond donors (Lipinski definition) is 3. The van der Waals surface area contributed by atoms with Gasteiger partial charge in [0.25, 0.3) is 0 Å². The van der Waals surface area contributed by atoms with E-state index in [1.165, 1.54) is 0 Å². The van der Waals surface area contributed by atoms with E-state index >= 15 is 0 Å². The summed E-state index contributed by atoms with van der Waals surface area (Å²) >= 11 is 0. The first-order valence-corrected chi connectivity index (χ1v) is 6.61. The van der Waals surface area contributed by atoms with E-state index in [0.29, 0.717) is 12.4 Å². The topological polar surface area (TPSA) is 83.1 Å². The molecule has 0 unspecified atom stereocenters. The van der Waals surface area contributed by atoms with Crippen LogP contribution in [0.3, 0.4) is 0 Å². The lowest BCUT2D eigenvalue weighted by Crippen LogP contribution is -2.45. The third-order valence-electron chi connectivity index (χ3n) is 2.80. The molecule has 1 aromatic heterocycles. The van der Waals surface area contributed by atoms with Crippen molar-refractivity contribution in [1.82, 2.24) is 15.6 Å². The first-order chi connectivity index (χ1) is 9.35. The molecule has 20 heavy (non-hydrogen) atoms. The molecule has 0 saturated carbocycles. The summed E-state index contributed by atoms with van der Waals surface area (Å²) in [5.74, 6) is 0.396. The molecule has 1 rings (SSSR count). The van der Waals surface area contributed by atoms with Crippen LogP contribution in [-0.2, 0) is 4.79 Å². The number of pyridine rings is 1. The maximum absolute atomic E-state index is 11.8. The lowest BCUT2D eigenvalue weighted by Gasteiger charge is -2.23. The third-order valence-corrected chi connectivity index (χ3v) is 2.80. The number of nitrogens with zero attached hydrogens (tertiary/aromatic N) is 1. The van der Waals surface area contributed by atoms with Crippen molar-refractivity contribution in [2.24, 2.45) is 5.41 Å². The number of amides is 3. The van der Waals surface area contributed by atoms with Gasteiger partial charge < -0.3 is 10.6 Å². The van der Waals surface area contributed by atoms with Crippen molar-refractivity contribution >= 4 is 17.8 Å². The number of carbonyl (C=O) groups excluding carboxylic acids is 2. The molecule has 0 aliphatic heterocycles. The molecule has 6 nitrogen and oxygen atoms in total. The summed E-state index contributed by atoms with van der Waals surface area (Å²) in [6, 6.07) is 3.25. The molecule has 0 saturated heterocycles. The highest BCUT2D eigenvalue weighted by molar-refractivity contribution is 5.89. The lowest BCUT2D eigenvalue weighted by atomic mass is 9.92. The van der Waals surface area contributed by atoms with Gasteiger partial charge in [0.05, 0.1) is 5.41 Å². The van der Waals surface area contributed by atoms with Gasteiger partial charge in [0, 0.05) is 19.3 Å². The maximum Gasteiger partial charge on any atom is 0.320 e. The van der Waals surface area contributed by atoms with E-state index in [1.54, 1.807) is 26.1 Å². The molecule has 1 aromatic rings. The molecule has 1 heterocycles. The van der Waals surface area contributed by atoms with Crippen LogP contribution in [0.2, 0.25) is 0 Å². The fourth-order valence-corrected chi connectivity index (χ4v) is 1.55. The predicted molar refractivity (Wildman–Crippen MR) is 78.5 cm³/mol. The summed E-state index contributed by atoms with van der Waals surface area (Å²) in [5, 5.41) is 8.06. The van der Waals surface area contributed by atoms with Crippen molar-refractivity contribution in [2.75, 3.05) is 18.4 Å².